The van der Waals surface area contributed by atoms with Crippen molar-refractivity contribution in [3.63, 3.8) is 0 Å². The molecule has 0 aromatic carbocycles. The molecule has 3 nitrogen and oxygen atoms in total. The molecule has 0 aromatic rings. The van der Waals surface area contributed by atoms with Crippen LogP contribution in [0.3, 0.4) is 0 Å². The van der Waals surface area contributed by atoms with Crippen molar-refractivity contribution in [1.29, 1.82) is 0 Å². The van der Waals surface area contributed by atoms with E-state index in [9.17, 15) is 16.8 Å². The monoisotopic (exact) mass is 325 g/mol. The van der Waals surface area contributed by atoms with Gasteiger partial charge in [-0.15, -0.1) is 21.3 Å². The maximum absolute atomic E-state index is 13.3. The summed E-state index contributed by atoms with van der Waals surface area (Å²) < 4.78 is 62.5. The third-order valence-corrected chi connectivity index (χ3v) is 10.7. The van der Waals surface area contributed by atoms with Crippen molar-refractivity contribution in [3.05, 3.63) is 0 Å². The molecule has 18 heavy (non-hydrogen) atoms. The smallest absolute Gasteiger partial charge is 0.185 e. The lowest BCUT2D eigenvalue weighted by Crippen LogP contribution is -1.95. The molecule has 0 spiro atoms. The maximum Gasteiger partial charge on any atom is 0.421 e. The molecule has 0 bridgehead atoms. The van der Waals surface area contributed by atoms with Gasteiger partial charge in [0.25, 0.3) is 0 Å². The van der Waals surface area contributed by atoms with Gasteiger partial charge in [-0.05, 0) is 12.8 Å². The molecule has 10 heteroatoms. The first kappa shape index (κ1) is 16.5. The molecule has 0 atom stereocenters. The molecule has 1 aliphatic rings. The molecule has 0 saturated carbocycles. The van der Waals surface area contributed by atoms with Gasteiger partial charge in [-0.1, -0.05) is 26.7 Å². The van der Waals surface area contributed by atoms with Crippen molar-refractivity contribution in [2.24, 2.45) is 13.5 Å². The Kier molecular flexibility index (Phi) is 5.71. The summed E-state index contributed by atoms with van der Waals surface area (Å²) in [6, 6.07) is 0. The van der Waals surface area contributed by atoms with Crippen molar-refractivity contribution in [2.45, 2.75) is 39.5 Å². The molecule has 1 rings (SSSR count). The number of halogens is 4. The van der Waals surface area contributed by atoms with E-state index in [1.54, 1.807) is 0 Å². The fraction of sp³-hybridized carbons (Fsp3) is 1.00. The minimum Gasteiger partial charge on any atom is -0.185 e. The SMILES string of the molecule is CCCCP1(CCCC)=NP(F)(F)=NP(F)(F)=N1. The molecule has 0 aliphatic carbocycles. The van der Waals surface area contributed by atoms with Crippen molar-refractivity contribution >= 4 is 22.9 Å². The Morgan fingerprint density at radius 3 is 1.56 bits per heavy atom. The molecule has 1 aliphatic heterocycles. The van der Waals surface area contributed by atoms with Crippen LogP contribution in [0.1, 0.15) is 39.5 Å². The van der Waals surface area contributed by atoms with Crippen LogP contribution in [0.5, 0.6) is 0 Å². The molecule has 0 N–H and O–H groups in total. The van der Waals surface area contributed by atoms with Gasteiger partial charge in [0.15, 0.2) is 0 Å². The lowest BCUT2D eigenvalue weighted by Gasteiger charge is -2.24. The quantitative estimate of drug-likeness (QED) is 0.358. The Hall–Kier alpha value is 0.410. The Labute approximate surface area is 106 Å². The highest BCUT2D eigenvalue weighted by molar-refractivity contribution is 7.81. The van der Waals surface area contributed by atoms with E-state index in [1.165, 1.54) is 0 Å². The van der Waals surface area contributed by atoms with Gasteiger partial charge in [0, 0.05) is 12.3 Å². The van der Waals surface area contributed by atoms with Crippen LogP contribution < -0.4 is 0 Å². The standard InChI is InChI=1S/C8H18F4N3P3/c1-3-5-7-16(8-6-4-2)13-17(9,10)15-18(11,12)14-16/h3-8H2,1-2H3. The highest BCUT2D eigenvalue weighted by Gasteiger charge is 2.37. The fourth-order valence-corrected chi connectivity index (χ4v) is 10.6. The van der Waals surface area contributed by atoms with Gasteiger partial charge in [-0.3, -0.25) is 0 Å². The topological polar surface area (TPSA) is 37.1 Å². The van der Waals surface area contributed by atoms with Crippen molar-refractivity contribution in [2.75, 3.05) is 12.3 Å². The van der Waals surface area contributed by atoms with E-state index >= 15 is 0 Å². The minimum atomic E-state index is -5.16. The highest BCUT2D eigenvalue weighted by Crippen LogP contribution is 2.81. The zero-order valence-corrected chi connectivity index (χ0v) is 13.1. The highest BCUT2D eigenvalue weighted by atomic mass is 31.3. The molecular formula is C8H18F4N3P3. The van der Waals surface area contributed by atoms with Crippen LogP contribution in [0.4, 0.5) is 16.8 Å². The number of hydrogen-bond donors (Lipinski definition) is 0. The van der Waals surface area contributed by atoms with E-state index in [0.29, 0.717) is 12.8 Å². The average molecular weight is 325 g/mol. The molecule has 108 valence electrons. The lowest BCUT2D eigenvalue weighted by atomic mass is 10.4. The summed E-state index contributed by atoms with van der Waals surface area (Å²) in [6.45, 7) is 3.79. The normalized spacial score (nSPS) is 23.7. The molecule has 0 radical (unpaired) electrons. The largest absolute Gasteiger partial charge is 0.421 e. The lowest BCUT2D eigenvalue weighted by molar-refractivity contribution is 0.699. The van der Waals surface area contributed by atoms with Crippen LogP contribution in [0, 0.1) is 0 Å². The Morgan fingerprint density at radius 1 is 0.722 bits per heavy atom. The van der Waals surface area contributed by atoms with Crippen molar-refractivity contribution < 1.29 is 16.8 Å². The van der Waals surface area contributed by atoms with E-state index in [2.05, 4.69) is 13.5 Å². The van der Waals surface area contributed by atoms with E-state index in [1.807, 2.05) is 13.8 Å². The van der Waals surface area contributed by atoms with Gasteiger partial charge in [-0.25, -0.2) is 0 Å². The van der Waals surface area contributed by atoms with Gasteiger partial charge < -0.3 is 0 Å². The Bertz CT molecular complexity index is 431. The second-order valence-corrected chi connectivity index (χ2v) is 10.8. The van der Waals surface area contributed by atoms with Crippen LogP contribution in [0.25, 0.3) is 0 Å². The number of unbranched alkanes of at least 4 members (excludes halogenated alkanes) is 2. The average Bonchev–Trinajstić information content (AvgIpc) is 2.19. The molecule has 0 aromatic heterocycles. The van der Waals surface area contributed by atoms with Gasteiger partial charge >= 0.3 is 15.7 Å². The zero-order chi connectivity index (χ0) is 13.9. The zero-order valence-electron chi connectivity index (χ0n) is 10.4. The fourth-order valence-electron chi connectivity index (χ4n) is 1.70. The first-order valence-corrected chi connectivity index (χ1v) is 10.9. The molecule has 0 saturated heterocycles. The van der Waals surface area contributed by atoms with Crippen LogP contribution in [0.15, 0.2) is 13.5 Å². The number of nitrogens with zero attached hydrogens (tertiary/aromatic N) is 3. The second kappa shape index (κ2) is 6.24. The van der Waals surface area contributed by atoms with E-state index in [4.69, 9.17) is 0 Å². The van der Waals surface area contributed by atoms with Gasteiger partial charge in [0.1, 0.15) is 0 Å². The first-order valence-electron chi connectivity index (χ1n) is 5.92. The van der Waals surface area contributed by atoms with Crippen molar-refractivity contribution in [3.8, 4) is 0 Å². The number of rotatable bonds is 6. The Morgan fingerprint density at radius 2 is 1.17 bits per heavy atom. The summed E-state index contributed by atoms with van der Waals surface area (Å²) in [4.78, 5) is 0. The second-order valence-electron chi connectivity index (χ2n) is 4.21. The molecular weight excluding hydrogens is 307 g/mol. The predicted molar refractivity (Wildman–Crippen MR) is 72.0 cm³/mol. The van der Waals surface area contributed by atoms with Crippen molar-refractivity contribution in [1.82, 2.24) is 0 Å². The van der Waals surface area contributed by atoms with Crippen LogP contribution in [-0.4, -0.2) is 12.3 Å². The molecule has 0 unspecified atom stereocenters. The summed E-state index contributed by atoms with van der Waals surface area (Å²) in [5.41, 5.74) is 0. The van der Waals surface area contributed by atoms with Crippen LogP contribution >= 0.6 is 22.9 Å². The van der Waals surface area contributed by atoms with Crippen LogP contribution in [0.2, 0.25) is 0 Å². The number of hydrogen-bond acceptors (Lipinski definition) is 3. The van der Waals surface area contributed by atoms with Gasteiger partial charge in [0.05, 0.1) is 7.21 Å². The van der Waals surface area contributed by atoms with E-state index < -0.39 is 22.9 Å². The summed E-state index contributed by atoms with van der Waals surface area (Å²) in [6.07, 6.45) is 3.33. The molecule has 1 heterocycles. The predicted octanol–water partition coefficient (Wildman–Crippen LogP) is 7.49. The van der Waals surface area contributed by atoms with Gasteiger partial charge in [0.2, 0.25) is 0 Å². The third-order valence-electron chi connectivity index (χ3n) is 2.50. The summed E-state index contributed by atoms with van der Waals surface area (Å²) in [5, 5.41) is 0. The third kappa shape index (κ3) is 4.83. The van der Waals surface area contributed by atoms with E-state index in [-0.39, 0.29) is 12.3 Å². The maximum atomic E-state index is 13.3. The minimum absolute atomic E-state index is 0.282. The van der Waals surface area contributed by atoms with Crippen LogP contribution in [-0.2, 0) is 0 Å². The molecule has 0 fully saturated rings. The summed E-state index contributed by atoms with van der Waals surface area (Å²) in [5.74, 6) is 0. The van der Waals surface area contributed by atoms with Gasteiger partial charge in [-0.2, -0.15) is 9.03 Å². The molecule has 0 amide bonds. The summed E-state index contributed by atoms with van der Waals surface area (Å²) >= 11 is 0. The van der Waals surface area contributed by atoms with E-state index in [0.717, 1.165) is 12.8 Å². The first-order chi connectivity index (χ1) is 8.24. The Balaban J connectivity index is 3.21. The summed E-state index contributed by atoms with van der Waals surface area (Å²) in [7, 11) is -13.2.